The molecule has 0 unspecified atom stereocenters. The van der Waals surface area contributed by atoms with Crippen LogP contribution in [0, 0.1) is 0 Å². The van der Waals surface area contributed by atoms with Crippen LogP contribution in [0.1, 0.15) is 32.8 Å². The van der Waals surface area contributed by atoms with Crippen LogP contribution in [0.15, 0.2) is 17.4 Å². The molecule has 0 radical (unpaired) electrons. The standard InChI is InChI=1S/C17H30N4OSSi/c1-17(2,3)24(5,6)22-11-7-9-21-10-8-14(18)13-12-19-16(23-4)20-15(13)21/h8,12H,7,9-11,18H2,1-6H3. The van der Waals surface area contributed by atoms with Gasteiger partial charge in [0.05, 0.1) is 5.56 Å². The second-order valence-corrected chi connectivity index (χ2v) is 13.2. The van der Waals surface area contributed by atoms with Gasteiger partial charge in [-0.2, -0.15) is 0 Å². The zero-order valence-corrected chi connectivity index (χ0v) is 17.5. The normalized spacial score (nSPS) is 15.2. The molecule has 0 aliphatic carbocycles. The van der Waals surface area contributed by atoms with Crippen LogP contribution in [0.2, 0.25) is 18.1 Å². The SMILES string of the molecule is CSc1ncc2c(n1)N(CCCO[Si](C)(C)C(C)(C)C)CC=C2N. The molecule has 0 saturated carbocycles. The molecule has 0 bridgehead atoms. The summed E-state index contributed by atoms with van der Waals surface area (Å²) < 4.78 is 6.27. The first-order valence-electron chi connectivity index (χ1n) is 8.41. The molecule has 0 aromatic carbocycles. The van der Waals surface area contributed by atoms with E-state index in [2.05, 4.69) is 48.7 Å². The van der Waals surface area contributed by atoms with Gasteiger partial charge in [0.1, 0.15) is 5.82 Å². The molecule has 0 fully saturated rings. The highest BCUT2D eigenvalue weighted by Crippen LogP contribution is 2.36. The van der Waals surface area contributed by atoms with E-state index < -0.39 is 8.32 Å². The minimum Gasteiger partial charge on any atom is -0.417 e. The molecule has 5 nitrogen and oxygen atoms in total. The molecule has 7 heteroatoms. The van der Waals surface area contributed by atoms with Crippen molar-refractivity contribution in [2.24, 2.45) is 5.73 Å². The lowest BCUT2D eigenvalue weighted by molar-refractivity contribution is 0.283. The molecule has 0 amide bonds. The molecule has 2 rings (SSSR count). The number of anilines is 1. The molecule has 1 aromatic rings. The quantitative estimate of drug-likeness (QED) is 0.358. The maximum absolute atomic E-state index is 6.27. The van der Waals surface area contributed by atoms with E-state index in [-0.39, 0.29) is 5.04 Å². The Morgan fingerprint density at radius 3 is 2.71 bits per heavy atom. The van der Waals surface area contributed by atoms with Gasteiger partial charge < -0.3 is 15.1 Å². The Hall–Kier alpha value is -1.05. The van der Waals surface area contributed by atoms with Gasteiger partial charge in [0.2, 0.25) is 0 Å². The molecule has 1 aromatic heterocycles. The monoisotopic (exact) mass is 366 g/mol. The summed E-state index contributed by atoms with van der Waals surface area (Å²) in [5.74, 6) is 0.946. The Balaban J connectivity index is 1.98. The maximum Gasteiger partial charge on any atom is 0.191 e. The third-order valence-corrected chi connectivity index (χ3v) is 10.0. The van der Waals surface area contributed by atoms with Crippen molar-refractivity contribution in [3.63, 3.8) is 0 Å². The van der Waals surface area contributed by atoms with Crippen LogP contribution in [0.4, 0.5) is 5.82 Å². The van der Waals surface area contributed by atoms with Crippen molar-refractivity contribution in [3.8, 4) is 0 Å². The molecule has 0 atom stereocenters. The van der Waals surface area contributed by atoms with Crippen LogP contribution in [-0.4, -0.2) is 44.2 Å². The lowest BCUT2D eigenvalue weighted by Gasteiger charge is -2.36. The summed E-state index contributed by atoms with van der Waals surface area (Å²) in [6.07, 6.45) is 6.84. The summed E-state index contributed by atoms with van der Waals surface area (Å²) in [6.45, 7) is 13.9. The van der Waals surface area contributed by atoms with Crippen molar-refractivity contribution in [1.82, 2.24) is 9.97 Å². The summed E-state index contributed by atoms with van der Waals surface area (Å²) in [5, 5.41) is 1.04. The fourth-order valence-electron chi connectivity index (χ4n) is 2.30. The Bertz CT molecular complexity index is 613. The molecular formula is C17H30N4OSSi. The number of hydrogen-bond donors (Lipinski definition) is 1. The fraction of sp³-hybridized carbons (Fsp3) is 0.647. The van der Waals surface area contributed by atoms with Gasteiger partial charge in [-0.1, -0.05) is 32.5 Å². The first kappa shape index (κ1) is 19.3. The lowest BCUT2D eigenvalue weighted by Crippen LogP contribution is -2.41. The van der Waals surface area contributed by atoms with E-state index in [4.69, 9.17) is 10.2 Å². The van der Waals surface area contributed by atoms with Crippen molar-refractivity contribution in [2.75, 3.05) is 30.9 Å². The predicted octanol–water partition coefficient (Wildman–Crippen LogP) is 3.73. The summed E-state index contributed by atoms with van der Waals surface area (Å²) in [5.41, 5.74) is 7.79. The predicted molar refractivity (Wildman–Crippen MR) is 106 cm³/mol. The van der Waals surface area contributed by atoms with Crippen LogP contribution in [0.5, 0.6) is 0 Å². The van der Waals surface area contributed by atoms with Gasteiger partial charge in [0.15, 0.2) is 13.5 Å². The Morgan fingerprint density at radius 2 is 2.08 bits per heavy atom. The number of hydrogen-bond acceptors (Lipinski definition) is 6. The summed E-state index contributed by atoms with van der Waals surface area (Å²) in [6, 6.07) is 0. The fourth-order valence-corrected chi connectivity index (χ4v) is 3.73. The van der Waals surface area contributed by atoms with E-state index in [1.807, 2.05) is 18.5 Å². The zero-order chi connectivity index (χ0) is 18.0. The highest BCUT2D eigenvalue weighted by atomic mass is 32.2. The van der Waals surface area contributed by atoms with Gasteiger partial charge >= 0.3 is 0 Å². The number of nitrogens with two attached hydrogens (primary N) is 1. The Kier molecular flexibility index (Phi) is 5.98. The molecule has 2 N–H and O–H groups in total. The second kappa shape index (κ2) is 7.45. The smallest absolute Gasteiger partial charge is 0.191 e. The maximum atomic E-state index is 6.27. The molecule has 2 heterocycles. The molecule has 24 heavy (non-hydrogen) atoms. The van der Waals surface area contributed by atoms with Crippen LogP contribution in [-0.2, 0) is 4.43 Å². The molecule has 0 spiro atoms. The summed E-state index contributed by atoms with van der Waals surface area (Å²) >= 11 is 1.55. The van der Waals surface area contributed by atoms with Crippen molar-refractivity contribution in [2.45, 2.75) is 50.5 Å². The number of fused-ring (bicyclic) bond motifs is 1. The summed E-state index contributed by atoms with van der Waals surface area (Å²) in [4.78, 5) is 11.3. The number of aromatic nitrogens is 2. The lowest BCUT2D eigenvalue weighted by atomic mass is 10.1. The largest absolute Gasteiger partial charge is 0.417 e. The number of nitrogens with zero attached hydrogens (tertiary/aromatic N) is 3. The summed E-state index contributed by atoms with van der Waals surface area (Å²) in [7, 11) is -1.67. The molecule has 1 aliphatic rings. The second-order valence-electron chi connectivity index (χ2n) is 7.66. The minimum absolute atomic E-state index is 0.252. The van der Waals surface area contributed by atoms with Crippen LogP contribution >= 0.6 is 11.8 Å². The van der Waals surface area contributed by atoms with Crippen LogP contribution in [0.25, 0.3) is 5.70 Å². The third kappa shape index (κ3) is 4.32. The molecule has 134 valence electrons. The average Bonchev–Trinajstić information content (AvgIpc) is 2.52. The van der Waals surface area contributed by atoms with Gasteiger partial charge in [-0.05, 0) is 36.9 Å². The highest BCUT2D eigenvalue weighted by Gasteiger charge is 2.36. The van der Waals surface area contributed by atoms with E-state index in [9.17, 15) is 0 Å². The van der Waals surface area contributed by atoms with E-state index in [0.717, 1.165) is 48.4 Å². The first-order valence-corrected chi connectivity index (χ1v) is 12.5. The van der Waals surface area contributed by atoms with Crippen molar-refractivity contribution >= 4 is 31.6 Å². The Morgan fingerprint density at radius 1 is 1.38 bits per heavy atom. The van der Waals surface area contributed by atoms with E-state index in [0.29, 0.717) is 0 Å². The Labute approximate surface area is 151 Å². The number of rotatable bonds is 6. The first-order chi connectivity index (χ1) is 11.2. The minimum atomic E-state index is -1.67. The average molecular weight is 367 g/mol. The third-order valence-electron chi connectivity index (χ3n) is 4.91. The highest BCUT2D eigenvalue weighted by molar-refractivity contribution is 7.98. The zero-order valence-electron chi connectivity index (χ0n) is 15.7. The van der Waals surface area contributed by atoms with E-state index in [1.165, 1.54) is 0 Å². The molecule has 0 saturated heterocycles. The number of thioether (sulfide) groups is 1. The van der Waals surface area contributed by atoms with Gasteiger partial charge in [0, 0.05) is 31.6 Å². The van der Waals surface area contributed by atoms with Crippen molar-refractivity contribution < 1.29 is 4.43 Å². The van der Waals surface area contributed by atoms with Crippen molar-refractivity contribution in [1.29, 1.82) is 0 Å². The van der Waals surface area contributed by atoms with Crippen LogP contribution < -0.4 is 10.6 Å². The van der Waals surface area contributed by atoms with Gasteiger partial charge in [-0.15, -0.1) is 0 Å². The van der Waals surface area contributed by atoms with Gasteiger partial charge in [-0.3, -0.25) is 0 Å². The molecule has 1 aliphatic heterocycles. The van der Waals surface area contributed by atoms with Gasteiger partial charge in [0.25, 0.3) is 0 Å². The topological polar surface area (TPSA) is 64.3 Å². The van der Waals surface area contributed by atoms with Crippen molar-refractivity contribution in [3.05, 3.63) is 17.8 Å². The van der Waals surface area contributed by atoms with E-state index >= 15 is 0 Å². The molecular weight excluding hydrogens is 336 g/mol. The van der Waals surface area contributed by atoms with Gasteiger partial charge in [-0.25, -0.2) is 9.97 Å². The van der Waals surface area contributed by atoms with E-state index in [1.54, 1.807) is 11.8 Å². The van der Waals surface area contributed by atoms with Crippen LogP contribution in [0.3, 0.4) is 0 Å².